The minimum absolute atomic E-state index is 0.0595. The third-order valence-corrected chi connectivity index (χ3v) is 5.78. The van der Waals surface area contributed by atoms with Crippen molar-refractivity contribution in [2.75, 3.05) is 0 Å². The average molecular weight is 521 g/mol. The van der Waals surface area contributed by atoms with Crippen LogP contribution in [0.1, 0.15) is 48.0 Å². The topological polar surface area (TPSA) is 141 Å². The minimum Gasteiger partial charge on any atom is -0.487 e. The van der Waals surface area contributed by atoms with E-state index in [1.807, 2.05) is 30.3 Å². The molecule has 1 heterocycles. The van der Waals surface area contributed by atoms with E-state index in [0.29, 0.717) is 23.6 Å². The number of benzene rings is 2. The van der Waals surface area contributed by atoms with Crippen LogP contribution in [0.4, 0.5) is 4.79 Å². The summed E-state index contributed by atoms with van der Waals surface area (Å²) in [6, 6.07) is 18.4. The number of hydroxylamine groups is 1. The van der Waals surface area contributed by atoms with Crippen molar-refractivity contribution in [2.45, 2.75) is 51.9 Å². The molecule has 0 aliphatic rings. The van der Waals surface area contributed by atoms with Crippen LogP contribution in [-0.2, 0) is 24.4 Å². The monoisotopic (exact) mass is 520 g/mol. The fourth-order valence-corrected chi connectivity index (χ4v) is 3.89. The van der Waals surface area contributed by atoms with Gasteiger partial charge < -0.3 is 15.2 Å². The van der Waals surface area contributed by atoms with Crippen molar-refractivity contribution in [1.29, 1.82) is 0 Å². The molecule has 1 aromatic heterocycles. The van der Waals surface area contributed by atoms with Gasteiger partial charge in [-0.25, -0.2) is 10.3 Å². The van der Waals surface area contributed by atoms with Crippen molar-refractivity contribution >= 4 is 17.9 Å². The van der Waals surface area contributed by atoms with Crippen LogP contribution in [0, 0.1) is 0 Å². The number of pyridine rings is 1. The zero-order valence-electron chi connectivity index (χ0n) is 21.5. The van der Waals surface area contributed by atoms with Crippen molar-refractivity contribution in [2.24, 2.45) is 0 Å². The highest BCUT2D eigenvalue weighted by atomic mass is 16.5. The predicted molar refractivity (Wildman–Crippen MR) is 140 cm³/mol. The fraction of sp³-hybridized carbons (Fsp3) is 0.286. The van der Waals surface area contributed by atoms with Crippen molar-refractivity contribution in [3.63, 3.8) is 0 Å². The van der Waals surface area contributed by atoms with Gasteiger partial charge in [-0.3, -0.25) is 24.7 Å². The lowest BCUT2D eigenvalue weighted by Gasteiger charge is -2.38. The van der Waals surface area contributed by atoms with Gasteiger partial charge in [-0.05, 0) is 56.2 Å². The van der Waals surface area contributed by atoms with E-state index in [4.69, 9.17) is 9.94 Å². The Kier molecular flexibility index (Phi) is 9.39. The molecule has 10 nitrogen and oxygen atoms in total. The molecule has 0 radical (unpaired) electrons. The second-order valence-corrected chi connectivity index (χ2v) is 9.66. The summed E-state index contributed by atoms with van der Waals surface area (Å²) in [6.07, 6.45) is 0.392. The number of nitrogens with one attached hydrogen (secondary N) is 2. The van der Waals surface area contributed by atoms with E-state index in [-0.39, 0.29) is 18.5 Å². The van der Waals surface area contributed by atoms with Gasteiger partial charge in [-0.15, -0.1) is 0 Å². The van der Waals surface area contributed by atoms with Gasteiger partial charge in [-0.1, -0.05) is 42.5 Å². The van der Waals surface area contributed by atoms with Crippen LogP contribution >= 0.6 is 0 Å². The van der Waals surface area contributed by atoms with Crippen molar-refractivity contribution < 1.29 is 29.4 Å². The molecule has 3 rings (SSSR count). The van der Waals surface area contributed by atoms with Crippen LogP contribution < -0.4 is 15.5 Å². The largest absolute Gasteiger partial charge is 0.487 e. The van der Waals surface area contributed by atoms with E-state index in [0.717, 1.165) is 10.5 Å². The molecule has 0 spiro atoms. The number of hydrogen-bond acceptors (Lipinski definition) is 6. The van der Waals surface area contributed by atoms with Crippen molar-refractivity contribution in [3.8, 4) is 5.75 Å². The highest BCUT2D eigenvalue weighted by molar-refractivity contribution is 5.93. The average Bonchev–Trinajstić information content (AvgIpc) is 2.90. The van der Waals surface area contributed by atoms with Gasteiger partial charge in [0.05, 0.1) is 6.20 Å². The summed E-state index contributed by atoms with van der Waals surface area (Å²) in [5.74, 6) is -0.569. The lowest BCUT2D eigenvalue weighted by molar-refractivity contribution is -0.127. The Hall–Kier alpha value is -4.44. The number of aromatic nitrogens is 1. The van der Waals surface area contributed by atoms with E-state index >= 15 is 0 Å². The Morgan fingerprint density at radius 2 is 1.66 bits per heavy atom. The zero-order valence-corrected chi connectivity index (χ0v) is 21.5. The molecule has 1 atom stereocenters. The first-order chi connectivity index (χ1) is 18.1. The molecule has 4 N–H and O–H groups in total. The van der Waals surface area contributed by atoms with Crippen molar-refractivity contribution in [3.05, 3.63) is 95.3 Å². The third-order valence-electron chi connectivity index (χ3n) is 5.78. The van der Waals surface area contributed by atoms with Crippen LogP contribution in [-0.4, -0.2) is 49.7 Å². The first-order valence-corrected chi connectivity index (χ1v) is 12.0. The Morgan fingerprint density at radius 1 is 0.974 bits per heavy atom. The molecule has 0 fully saturated rings. The van der Waals surface area contributed by atoms with Gasteiger partial charge >= 0.3 is 6.09 Å². The van der Waals surface area contributed by atoms with Crippen LogP contribution in [0.2, 0.25) is 0 Å². The Balaban J connectivity index is 1.72. The number of nitrogens with zero attached hydrogens (tertiary/aromatic N) is 2. The summed E-state index contributed by atoms with van der Waals surface area (Å²) in [7, 11) is 0. The summed E-state index contributed by atoms with van der Waals surface area (Å²) < 4.78 is 5.77. The summed E-state index contributed by atoms with van der Waals surface area (Å²) in [4.78, 5) is 42.5. The van der Waals surface area contributed by atoms with Gasteiger partial charge in [0.1, 0.15) is 18.4 Å². The molecule has 2 aromatic carbocycles. The van der Waals surface area contributed by atoms with Gasteiger partial charge in [0.2, 0.25) is 5.91 Å². The highest BCUT2D eigenvalue weighted by Gasteiger charge is 2.37. The maximum atomic E-state index is 13.3. The summed E-state index contributed by atoms with van der Waals surface area (Å²) in [5.41, 5.74) is 3.21. The Labute approximate surface area is 221 Å². The summed E-state index contributed by atoms with van der Waals surface area (Å²) >= 11 is 0. The summed E-state index contributed by atoms with van der Waals surface area (Å²) in [6.45, 7) is 5.67. The zero-order chi connectivity index (χ0) is 27.7. The lowest BCUT2D eigenvalue weighted by atomic mass is 9.99. The van der Waals surface area contributed by atoms with Crippen LogP contribution in [0.15, 0.2) is 72.9 Å². The molecule has 10 heteroatoms. The van der Waals surface area contributed by atoms with Crippen LogP contribution in [0.3, 0.4) is 0 Å². The van der Waals surface area contributed by atoms with Crippen molar-refractivity contribution in [1.82, 2.24) is 20.7 Å². The minimum atomic E-state index is -1.22. The molecule has 200 valence electrons. The van der Waals surface area contributed by atoms with E-state index < -0.39 is 29.5 Å². The second-order valence-electron chi connectivity index (χ2n) is 9.66. The smallest absolute Gasteiger partial charge is 0.408 e. The first-order valence-electron chi connectivity index (χ1n) is 12.0. The van der Waals surface area contributed by atoms with E-state index in [2.05, 4.69) is 10.3 Å². The summed E-state index contributed by atoms with van der Waals surface area (Å²) in [5, 5.41) is 21.5. The quantitative estimate of drug-likeness (QED) is 0.235. The predicted octanol–water partition coefficient (Wildman–Crippen LogP) is 3.79. The number of amides is 3. The third kappa shape index (κ3) is 7.78. The maximum absolute atomic E-state index is 13.3. The molecule has 3 aromatic rings. The number of carbonyl (C=O) groups is 3. The van der Waals surface area contributed by atoms with Crippen LogP contribution in [0.25, 0.3) is 0 Å². The number of ether oxygens (including phenoxy) is 1. The number of carbonyl (C=O) groups excluding carboxylic acids is 2. The van der Waals surface area contributed by atoms with E-state index in [9.17, 15) is 19.5 Å². The molecule has 3 amide bonds. The molecule has 0 bridgehead atoms. The number of rotatable bonds is 10. The molecular formula is C28H32N4O6. The lowest BCUT2D eigenvalue weighted by Crippen LogP contribution is -2.57. The molecule has 0 saturated carbocycles. The SMILES string of the molecule is CC(C)(C)N(C(=O)O)C(Cc1ccc(OCc2ccccc2)cn1)C(=O)NCc1ccc(C(=O)NO)cc1. The Morgan fingerprint density at radius 3 is 2.21 bits per heavy atom. The van der Waals surface area contributed by atoms with Gasteiger partial charge in [0, 0.05) is 29.8 Å². The number of carboxylic acid groups (broad SMARTS) is 1. The van der Waals surface area contributed by atoms with E-state index in [1.54, 1.807) is 56.7 Å². The fourth-order valence-electron chi connectivity index (χ4n) is 3.89. The van der Waals surface area contributed by atoms with Gasteiger partial charge in [0.15, 0.2) is 0 Å². The second kappa shape index (κ2) is 12.7. The first kappa shape index (κ1) is 28.1. The van der Waals surface area contributed by atoms with Crippen LogP contribution in [0.5, 0.6) is 5.75 Å². The van der Waals surface area contributed by atoms with Gasteiger partial charge in [-0.2, -0.15) is 0 Å². The maximum Gasteiger partial charge on any atom is 0.408 e. The van der Waals surface area contributed by atoms with Gasteiger partial charge in [0.25, 0.3) is 5.91 Å². The van der Waals surface area contributed by atoms with E-state index in [1.165, 1.54) is 12.1 Å². The molecular weight excluding hydrogens is 488 g/mol. The highest BCUT2D eigenvalue weighted by Crippen LogP contribution is 2.21. The molecule has 0 aliphatic carbocycles. The Bertz CT molecular complexity index is 1220. The molecule has 38 heavy (non-hydrogen) atoms. The number of hydrogen-bond donors (Lipinski definition) is 4. The molecule has 0 aliphatic heterocycles. The standard InChI is InChI=1S/C28H32N4O6/c1-28(2,3)32(27(35)36)24(26(34)30-16-19-9-11-21(12-10-19)25(33)31-37)15-22-13-14-23(17-29-22)38-18-20-7-5-4-6-8-20/h4-14,17,24,37H,15-16,18H2,1-3H3,(H,30,34)(H,31,33)(H,35,36). The normalized spacial score (nSPS) is 11.8. The molecule has 0 saturated heterocycles. The molecule has 1 unspecified atom stereocenters.